The van der Waals surface area contributed by atoms with Crippen molar-refractivity contribution in [2.24, 2.45) is 5.10 Å². The van der Waals surface area contributed by atoms with Gasteiger partial charge in [-0.25, -0.2) is 21.0 Å². The van der Waals surface area contributed by atoms with Gasteiger partial charge >= 0.3 is 0 Å². The topological polar surface area (TPSA) is 99.1 Å². The number of aryl methyl sites for hydroxylation is 1. The van der Waals surface area contributed by atoms with E-state index in [1.807, 2.05) is 72.4 Å². The van der Waals surface area contributed by atoms with E-state index in [4.69, 9.17) is 5.10 Å². The predicted molar refractivity (Wildman–Crippen MR) is 124 cm³/mol. The maximum absolute atomic E-state index is 12.7. The molecule has 2 aromatic heterocycles. The van der Waals surface area contributed by atoms with Crippen LogP contribution in [-0.4, -0.2) is 32.9 Å². The number of para-hydroxylation sites is 2. The fourth-order valence-electron chi connectivity index (χ4n) is 4.34. The summed E-state index contributed by atoms with van der Waals surface area (Å²) in [5.74, 6) is -0.179. The highest BCUT2D eigenvalue weighted by atomic mass is 16.2. The van der Waals surface area contributed by atoms with Crippen LogP contribution in [0, 0.1) is 13.8 Å². The minimum absolute atomic E-state index is 0.0131. The van der Waals surface area contributed by atoms with E-state index in [1.54, 1.807) is 6.21 Å². The van der Waals surface area contributed by atoms with E-state index in [9.17, 15) is 4.79 Å². The minimum atomic E-state index is -0.390. The van der Waals surface area contributed by atoms with E-state index < -0.39 is 0 Å². The zero-order chi connectivity index (χ0) is 22.1. The first-order valence-electron chi connectivity index (χ1n) is 10.6. The molecule has 1 aliphatic heterocycles. The predicted octanol–water partition coefficient (Wildman–Crippen LogP) is 3.03. The lowest BCUT2D eigenvalue weighted by atomic mass is 10.00. The number of fused-ring (bicyclic) bond motifs is 1. The smallest absolute Gasteiger partial charge is 0.258 e. The molecule has 0 aliphatic carbocycles. The van der Waals surface area contributed by atoms with Gasteiger partial charge in [-0.05, 0) is 38.5 Å². The molecule has 1 aliphatic rings. The maximum atomic E-state index is 12.7. The number of H-pyrrole nitrogens is 1. The number of benzene rings is 2. The SMILES string of the molecule is Cc1nn(-c2ccccc2)c(C)c1C1CC(C(=O)N/N=C\c2c[nH]c3ccccc23)NN1. The number of aromatic amines is 1. The molecule has 162 valence electrons. The second-order valence-electron chi connectivity index (χ2n) is 7.99. The summed E-state index contributed by atoms with van der Waals surface area (Å²) in [6.45, 7) is 4.06. The van der Waals surface area contributed by atoms with Crippen LogP contribution in [0.25, 0.3) is 16.6 Å². The largest absolute Gasteiger partial charge is 0.361 e. The molecule has 4 N–H and O–H groups in total. The summed E-state index contributed by atoms with van der Waals surface area (Å²) in [4.78, 5) is 15.9. The second kappa shape index (κ2) is 8.41. The highest BCUT2D eigenvalue weighted by Crippen LogP contribution is 2.29. The molecular weight excluding hydrogens is 402 g/mol. The molecule has 4 aromatic rings. The normalized spacial score (nSPS) is 18.6. The fourth-order valence-corrected chi connectivity index (χ4v) is 4.34. The molecule has 3 heterocycles. The zero-order valence-electron chi connectivity index (χ0n) is 18.0. The molecule has 32 heavy (non-hydrogen) atoms. The van der Waals surface area contributed by atoms with Crippen LogP contribution in [0.15, 0.2) is 65.9 Å². The molecule has 0 saturated carbocycles. The Balaban J connectivity index is 1.26. The molecule has 2 unspecified atom stereocenters. The summed E-state index contributed by atoms with van der Waals surface area (Å²) in [6.07, 6.45) is 4.15. The molecular formula is C24H25N7O. The molecule has 1 fully saturated rings. The number of hydrazone groups is 1. The van der Waals surface area contributed by atoms with Crippen molar-refractivity contribution < 1.29 is 4.79 Å². The summed E-state index contributed by atoms with van der Waals surface area (Å²) in [5.41, 5.74) is 15.1. The van der Waals surface area contributed by atoms with Gasteiger partial charge in [-0.3, -0.25) is 4.79 Å². The summed E-state index contributed by atoms with van der Waals surface area (Å²) in [7, 11) is 0. The monoisotopic (exact) mass is 427 g/mol. The van der Waals surface area contributed by atoms with Crippen LogP contribution >= 0.6 is 0 Å². The highest BCUT2D eigenvalue weighted by Gasteiger charge is 2.33. The Morgan fingerprint density at radius 2 is 1.91 bits per heavy atom. The average Bonchev–Trinajstić information content (AvgIpc) is 3.52. The minimum Gasteiger partial charge on any atom is -0.361 e. The summed E-state index contributed by atoms with van der Waals surface area (Å²) >= 11 is 0. The van der Waals surface area contributed by atoms with Gasteiger partial charge < -0.3 is 4.98 Å². The lowest BCUT2D eigenvalue weighted by Crippen LogP contribution is -2.41. The first kappa shape index (κ1) is 20.2. The Kier molecular flexibility index (Phi) is 5.30. The third-order valence-electron chi connectivity index (χ3n) is 5.92. The summed E-state index contributed by atoms with van der Waals surface area (Å²) in [5, 5.41) is 9.94. The lowest BCUT2D eigenvalue weighted by Gasteiger charge is -2.11. The van der Waals surface area contributed by atoms with E-state index >= 15 is 0 Å². The molecule has 1 amide bonds. The summed E-state index contributed by atoms with van der Waals surface area (Å²) in [6, 6.07) is 17.6. The number of hydrazine groups is 1. The first-order valence-corrected chi connectivity index (χ1v) is 10.6. The van der Waals surface area contributed by atoms with Crippen LogP contribution in [0.2, 0.25) is 0 Å². The van der Waals surface area contributed by atoms with Gasteiger partial charge in [0.05, 0.1) is 23.6 Å². The van der Waals surface area contributed by atoms with E-state index in [2.05, 4.69) is 33.3 Å². The Hall–Kier alpha value is -3.75. The molecule has 2 atom stereocenters. The van der Waals surface area contributed by atoms with Crippen molar-refractivity contribution >= 4 is 23.0 Å². The zero-order valence-corrected chi connectivity index (χ0v) is 18.0. The van der Waals surface area contributed by atoms with Crippen LogP contribution in [0.1, 0.15) is 35.0 Å². The molecule has 0 spiro atoms. The summed E-state index contributed by atoms with van der Waals surface area (Å²) < 4.78 is 1.95. The Labute approximate surface area is 185 Å². The van der Waals surface area contributed by atoms with Crippen molar-refractivity contribution in [3.8, 4) is 5.69 Å². The van der Waals surface area contributed by atoms with Gasteiger partial charge in [0.2, 0.25) is 0 Å². The average molecular weight is 428 g/mol. The molecule has 8 heteroatoms. The molecule has 5 rings (SSSR count). The number of carbonyl (C=O) groups is 1. The number of rotatable bonds is 5. The number of carbonyl (C=O) groups excluding carboxylic acids is 1. The van der Waals surface area contributed by atoms with Crippen LogP contribution in [0.4, 0.5) is 0 Å². The number of aromatic nitrogens is 3. The van der Waals surface area contributed by atoms with Crippen LogP contribution in [0.5, 0.6) is 0 Å². The van der Waals surface area contributed by atoms with E-state index in [-0.39, 0.29) is 18.0 Å². The van der Waals surface area contributed by atoms with Crippen LogP contribution in [0.3, 0.4) is 0 Å². The van der Waals surface area contributed by atoms with Crippen molar-refractivity contribution in [3.63, 3.8) is 0 Å². The van der Waals surface area contributed by atoms with Crippen molar-refractivity contribution in [1.82, 2.24) is 31.0 Å². The van der Waals surface area contributed by atoms with Crippen molar-refractivity contribution in [3.05, 3.63) is 83.3 Å². The number of hydrogen-bond donors (Lipinski definition) is 4. The third-order valence-corrected chi connectivity index (χ3v) is 5.92. The number of amides is 1. The molecule has 2 aromatic carbocycles. The fraction of sp³-hybridized carbons (Fsp3) is 0.208. The second-order valence-corrected chi connectivity index (χ2v) is 7.99. The number of nitrogens with one attached hydrogen (secondary N) is 4. The Bertz CT molecular complexity index is 1290. The van der Waals surface area contributed by atoms with Gasteiger partial charge in [-0.1, -0.05) is 36.4 Å². The van der Waals surface area contributed by atoms with Crippen molar-refractivity contribution in [2.45, 2.75) is 32.4 Å². The van der Waals surface area contributed by atoms with Crippen molar-refractivity contribution in [2.75, 3.05) is 0 Å². The molecule has 0 bridgehead atoms. The molecule has 1 saturated heterocycles. The quantitative estimate of drug-likeness (QED) is 0.291. The van der Waals surface area contributed by atoms with E-state index in [0.717, 1.165) is 39.1 Å². The standard InChI is InChI=1S/C24H25N7O/c1-15-23(16(2)31(30-15)18-8-4-3-5-9-18)21-12-22(28-27-21)24(32)29-26-14-17-13-25-20-11-7-6-10-19(17)20/h3-11,13-14,21-22,25,27-28H,12H2,1-2H3,(H,29,32)/b26-14-. The Morgan fingerprint density at radius 3 is 2.75 bits per heavy atom. The number of nitrogens with zero attached hydrogens (tertiary/aromatic N) is 3. The van der Waals surface area contributed by atoms with Gasteiger partial charge in [0, 0.05) is 33.9 Å². The highest BCUT2D eigenvalue weighted by molar-refractivity contribution is 5.99. The van der Waals surface area contributed by atoms with Crippen LogP contribution < -0.4 is 16.3 Å². The molecule has 8 nitrogen and oxygen atoms in total. The lowest BCUT2D eigenvalue weighted by molar-refractivity contribution is -0.122. The van der Waals surface area contributed by atoms with Gasteiger partial charge in [0.25, 0.3) is 5.91 Å². The van der Waals surface area contributed by atoms with Crippen molar-refractivity contribution in [1.29, 1.82) is 0 Å². The molecule has 0 radical (unpaired) electrons. The van der Waals surface area contributed by atoms with Gasteiger partial charge in [0.15, 0.2) is 0 Å². The van der Waals surface area contributed by atoms with Gasteiger partial charge in [-0.15, -0.1) is 0 Å². The van der Waals surface area contributed by atoms with E-state index in [0.29, 0.717) is 6.42 Å². The number of hydrogen-bond acceptors (Lipinski definition) is 5. The van der Waals surface area contributed by atoms with Crippen LogP contribution in [-0.2, 0) is 4.79 Å². The van der Waals surface area contributed by atoms with Gasteiger partial charge in [-0.2, -0.15) is 10.2 Å². The Morgan fingerprint density at radius 1 is 1.12 bits per heavy atom. The van der Waals surface area contributed by atoms with E-state index in [1.165, 1.54) is 0 Å². The van der Waals surface area contributed by atoms with Gasteiger partial charge in [0.1, 0.15) is 6.04 Å². The maximum Gasteiger partial charge on any atom is 0.258 e. The first-order chi connectivity index (χ1) is 15.6. The third kappa shape index (κ3) is 3.70.